The summed E-state index contributed by atoms with van der Waals surface area (Å²) in [5.74, 6) is 0.625. The Kier molecular flexibility index (Phi) is 2.93. The van der Waals surface area contributed by atoms with Crippen LogP contribution in [-0.4, -0.2) is 43.3 Å². The molecule has 0 atom stereocenters. The molecular formula is C10H15N7O. The summed E-state index contributed by atoms with van der Waals surface area (Å²) in [4.78, 5) is 2.38. The quantitative estimate of drug-likeness (QED) is 0.830. The molecule has 1 aliphatic heterocycles. The highest BCUT2D eigenvalue weighted by Gasteiger charge is 2.17. The smallest absolute Gasteiger partial charge is 0.243 e. The number of aromatic nitrogens is 5. The number of piperidine rings is 1. The second-order valence-electron chi connectivity index (χ2n) is 4.45. The van der Waals surface area contributed by atoms with Crippen molar-refractivity contribution in [3.8, 4) is 5.82 Å². The van der Waals surface area contributed by atoms with Gasteiger partial charge in [0.2, 0.25) is 11.6 Å². The highest BCUT2D eigenvalue weighted by atomic mass is 16.6. The lowest BCUT2D eigenvalue weighted by molar-refractivity contribution is 0.216. The largest absolute Gasteiger partial charge is 0.378 e. The lowest BCUT2D eigenvalue weighted by Crippen LogP contribution is -2.30. The molecule has 2 N–H and O–H groups in total. The first kappa shape index (κ1) is 11.1. The van der Waals surface area contributed by atoms with E-state index in [-0.39, 0.29) is 5.82 Å². The molecule has 18 heavy (non-hydrogen) atoms. The molecule has 1 fully saturated rings. The molecule has 8 heteroatoms. The van der Waals surface area contributed by atoms with Crippen LogP contribution in [0.15, 0.2) is 10.8 Å². The van der Waals surface area contributed by atoms with Crippen LogP contribution in [0, 0.1) is 0 Å². The fourth-order valence-corrected chi connectivity index (χ4v) is 2.23. The Bertz CT molecular complexity index is 514. The third kappa shape index (κ3) is 2.06. The van der Waals surface area contributed by atoms with Gasteiger partial charge in [-0.15, -0.1) is 5.10 Å². The van der Waals surface area contributed by atoms with E-state index in [1.54, 1.807) is 10.9 Å². The van der Waals surface area contributed by atoms with Crippen molar-refractivity contribution in [2.24, 2.45) is 0 Å². The summed E-state index contributed by atoms with van der Waals surface area (Å²) in [6.45, 7) is 3.01. The molecule has 8 nitrogen and oxygen atoms in total. The topological polar surface area (TPSA) is 98.9 Å². The Morgan fingerprint density at radius 2 is 2.06 bits per heavy atom. The van der Waals surface area contributed by atoms with Gasteiger partial charge in [-0.25, -0.2) is 4.63 Å². The summed E-state index contributed by atoms with van der Waals surface area (Å²) in [6.07, 6.45) is 5.53. The standard InChI is InChI=1S/C10H15N7O/c11-9-10(14-18-13-9)17-8(6-12-15-17)7-16-4-2-1-3-5-16/h6H,1-5,7H2,(H2,11,13). The number of rotatable bonds is 3. The van der Waals surface area contributed by atoms with Gasteiger partial charge in [-0.05, 0) is 36.2 Å². The van der Waals surface area contributed by atoms with Gasteiger partial charge >= 0.3 is 0 Å². The number of likely N-dealkylation sites (tertiary alicyclic amines) is 1. The van der Waals surface area contributed by atoms with Crippen LogP contribution in [0.2, 0.25) is 0 Å². The molecule has 0 bridgehead atoms. The van der Waals surface area contributed by atoms with Crippen LogP contribution in [0.1, 0.15) is 25.0 Å². The van der Waals surface area contributed by atoms with Crippen LogP contribution in [0.25, 0.3) is 5.82 Å². The van der Waals surface area contributed by atoms with E-state index in [1.807, 2.05) is 0 Å². The molecule has 96 valence electrons. The van der Waals surface area contributed by atoms with E-state index in [4.69, 9.17) is 5.73 Å². The zero-order valence-corrected chi connectivity index (χ0v) is 9.99. The summed E-state index contributed by atoms with van der Waals surface area (Å²) in [5.41, 5.74) is 6.61. The molecule has 0 aromatic carbocycles. The molecule has 1 aliphatic rings. The van der Waals surface area contributed by atoms with Crippen molar-refractivity contribution in [1.29, 1.82) is 0 Å². The van der Waals surface area contributed by atoms with Gasteiger partial charge < -0.3 is 5.73 Å². The molecule has 0 spiro atoms. The molecule has 3 heterocycles. The Morgan fingerprint density at radius 1 is 1.22 bits per heavy atom. The van der Waals surface area contributed by atoms with Crippen molar-refractivity contribution >= 4 is 5.82 Å². The van der Waals surface area contributed by atoms with Gasteiger partial charge in [0.25, 0.3) is 0 Å². The van der Waals surface area contributed by atoms with E-state index >= 15 is 0 Å². The van der Waals surface area contributed by atoms with Gasteiger partial charge in [-0.2, -0.15) is 4.68 Å². The first-order valence-corrected chi connectivity index (χ1v) is 6.05. The van der Waals surface area contributed by atoms with Gasteiger partial charge in [0.1, 0.15) is 0 Å². The summed E-state index contributed by atoms with van der Waals surface area (Å²) in [6, 6.07) is 0. The van der Waals surface area contributed by atoms with Crippen LogP contribution < -0.4 is 5.73 Å². The molecule has 0 aliphatic carbocycles. The van der Waals surface area contributed by atoms with Crippen molar-refractivity contribution in [2.45, 2.75) is 25.8 Å². The molecule has 0 radical (unpaired) electrons. The average Bonchev–Trinajstić information content (AvgIpc) is 2.99. The molecule has 2 aromatic rings. The maximum atomic E-state index is 5.66. The molecule has 3 rings (SSSR count). The van der Waals surface area contributed by atoms with Crippen LogP contribution in [-0.2, 0) is 6.54 Å². The Hall–Kier alpha value is -1.96. The first-order chi connectivity index (χ1) is 8.84. The van der Waals surface area contributed by atoms with E-state index < -0.39 is 0 Å². The Labute approximate surface area is 104 Å². The van der Waals surface area contributed by atoms with Crippen LogP contribution in [0.4, 0.5) is 5.82 Å². The molecule has 1 saturated heterocycles. The molecular weight excluding hydrogens is 234 g/mol. The van der Waals surface area contributed by atoms with Gasteiger partial charge in [0, 0.05) is 6.54 Å². The van der Waals surface area contributed by atoms with Crippen LogP contribution in [0.5, 0.6) is 0 Å². The lowest BCUT2D eigenvalue weighted by atomic mass is 10.1. The number of anilines is 1. The fourth-order valence-electron chi connectivity index (χ4n) is 2.23. The monoisotopic (exact) mass is 249 g/mol. The third-order valence-corrected chi connectivity index (χ3v) is 3.15. The van der Waals surface area contributed by atoms with Gasteiger partial charge in [-0.1, -0.05) is 11.6 Å². The molecule has 2 aromatic heterocycles. The van der Waals surface area contributed by atoms with Gasteiger partial charge in [0.05, 0.1) is 11.9 Å². The fraction of sp³-hybridized carbons (Fsp3) is 0.600. The van der Waals surface area contributed by atoms with Crippen molar-refractivity contribution in [1.82, 2.24) is 30.2 Å². The minimum absolute atomic E-state index is 0.223. The number of nitrogens with zero attached hydrogens (tertiary/aromatic N) is 6. The minimum atomic E-state index is 0.223. The van der Waals surface area contributed by atoms with Crippen molar-refractivity contribution in [3.63, 3.8) is 0 Å². The lowest BCUT2D eigenvalue weighted by Gasteiger charge is -2.25. The van der Waals surface area contributed by atoms with Crippen molar-refractivity contribution in [3.05, 3.63) is 11.9 Å². The van der Waals surface area contributed by atoms with E-state index in [0.717, 1.165) is 25.3 Å². The second kappa shape index (κ2) is 4.73. The molecule has 0 unspecified atom stereocenters. The van der Waals surface area contributed by atoms with E-state index in [2.05, 4.69) is 30.2 Å². The van der Waals surface area contributed by atoms with Crippen molar-refractivity contribution < 1.29 is 4.63 Å². The predicted molar refractivity (Wildman–Crippen MR) is 62.8 cm³/mol. The summed E-state index contributed by atoms with van der Waals surface area (Å²) in [5, 5.41) is 15.2. The minimum Gasteiger partial charge on any atom is -0.378 e. The third-order valence-electron chi connectivity index (χ3n) is 3.15. The van der Waals surface area contributed by atoms with E-state index in [0.29, 0.717) is 5.82 Å². The normalized spacial score (nSPS) is 17.1. The summed E-state index contributed by atoms with van der Waals surface area (Å²) in [7, 11) is 0. The molecule has 0 amide bonds. The van der Waals surface area contributed by atoms with E-state index in [1.165, 1.54) is 19.3 Å². The van der Waals surface area contributed by atoms with E-state index in [9.17, 15) is 0 Å². The average molecular weight is 249 g/mol. The zero-order valence-electron chi connectivity index (χ0n) is 9.99. The first-order valence-electron chi connectivity index (χ1n) is 6.05. The highest BCUT2D eigenvalue weighted by molar-refractivity contribution is 5.44. The number of nitrogens with two attached hydrogens (primary N) is 1. The summed E-state index contributed by atoms with van der Waals surface area (Å²) >= 11 is 0. The number of hydrogen-bond acceptors (Lipinski definition) is 7. The van der Waals surface area contributed by atoms with Crippen molar-refractivity contribution in [2.75, 3.05) is 18.8 Å². The summed E-state index contributed by atoms with van der Waals surface area (Å²) < 4.78 is 6.17. The van der Waals surface area contributed by atoms with Gasteiger partial charge in [-0.3, -0.25) is 4.90 Å². The number of hydrogen-bond donors (Lipinski definition) is 1. The Morgan fingerprint density at radius 3 is 2.78 bits per heavy atom. The molecule has 0 saturated carbocycles. The zero-order chi connectivity index (χ0) is 12.4. The second-order valence-corrected chi connectivity index (χ2v) is 4.45. The van der Waals surface area contributed by atoms with Crippen LogP contribution in [0.3, 0.4) is 0 Å². The highest BCUT2D eigenvalue weighted by Crippen LogP contribution is 2.16. The maximum absolute atomic E-state index is 5.66. The maximum Gasteiger partial charge on any atom is 0.243 e. The van der Waals surface area contributed by atoms with Crippen LogP contribution >= 0.6 is 0 Å². The number of nitrogen functional groups attached to an aromatic ring is 1. The Balaban J connectivity index is 1.81. The SMILES string of the molecule is Nc1nonc1-n1nncc1CN1CCCCC1. The van der Waals surface area contributed by atoms with Gasteiger partial charge in [0.15, 0.2) is 0 Å². The predicted octanol–water partition coefficient (Wildman–Crippen LogP) is 0.218.